The molecule has 2 nitrogen and oxygen atoms in total. The molecule has 0 bridgehead atoms. The fourth-order valence-electron chi connectivity index (χ4n) is 1.42. The lowest BCUT2D eigenvalue weighted by Gasteiger charge is -1.93. The first-order valence-electron chi connectivity index (χ1n) is 4.22. The number of nitrogens with zero attached hydrogens (tertiary/aromatic N) is 2. The van der Waals surface area contributed by atoms with Crippen LogP contribution in [0.25, 0.3) is 10.9 Å². The van der Waals surface area contributed by atoms with E-state index >= 15 is 0 Å². The second kappa shape index (κ2) is 2.63. The van der Waals surface area contributed by atoms with E-state index in [1.54, 1.807) is 0 Å². The van der Waals surface area contributed by atoms with Crippen LogP contribution < -0.4 is 0 Å². The Bertz CT molecular complexity index is 401. The summed E-state index contributed by atoms with van der Waals surface area (Å²) in [5.74, 6) is 0. The number of rotatable bonds is 1. The van der Waals surface area contributed by atoms with Gasteiger partial charge < -0.3 is 0 Å². The van der Waals surface area contributed by atoms with Crippen molar-refractivity contribution in [3.05, 3.63) is 30.0 Å². The van der Waals surface area contributed by atoms with Crippen LogP contribution in [0.2, 0.25) is 0 Å². The van der Waals surface area contributed by atoms with Crippen LogP contribution in [0.15, 0.2) is 24.4 Å². The zero-order valence-electron chi connectivity index (χ0n) is 7.41. The number of aryl methyl sites for hydroxylation is 2. The summed E-state index contributed by atoms with van der Waals surface area (Å²) in [6.07, 6.45) is 3.14. The predicted molar refractivity (Wildman–Crippen MR) is 50.1 cm³/mol. The molecule has 0 amide bonds. The largest absolute Gasteiger partial charge is 0.275 e. The molecule has 0 saturated heterocycles. The summed E-state index contributed by atoms with van der Waals surface area (Å²) in [5.41, 5.74) is 2.45. The molecule has 0 aliphatic rings. The van der Waals surface area contributed by atoms with Gasteiger partial charge in [0.2, 0.25) is 0 Å². The van der Waals surface area contributed by atoms with Crippen LogP contribution in [0, 0.1) is 0 Å². The molecule has 2 heteroatoms. The maximum Gasteiger partial charge on any atom is 0.0923 e. The number of benzene rings is 1. The van der Waals surface area contributed by atoms with Crippen LogP contribution >= 0.6 is 0 Å². The summed E-state index contributed by atoms with van der Waals surface area (Å²) in [6, 6.07) is 6.41. The normalized spacial score (nSPS) is 10.8. The minimum absolute atomic E-state index is 1.08. The Morgan fingerprint density at radius 3 is 3.00 bits per heavy atom. The van der Waals surface area contributed by atoms with E-state index in [0.717, 1.165) is 11.9 Å². The molecule has 0 fully saturated rings. The quantitative estimate of drug-likeness (QED) is 0.625. The third kappa shape index (κ3) is 1.09. The lowest BCUT2D eigenvalue weighted by atomic mass is 10.1. The maximum atomic E-state index is 4.31. The molecule has 0 saturated carbocycles. The highest BCUT2D eigenvalue weighted by molar-refractivity contribution is 5.78. The summed E-state index contributed by atoms with van der Waals surface area (Å²) in [4.78, 5) is 0. The fourth-order valence-corrected chi connectivity index (χ4v) is 1.42. The van der Waals surface area contributed by atoms with Crippen LogP contribution in [0.3, 0.4) is 0 Å². The molecule has 1 heterocycles. The smallest absolute Gasteiger partial charge is 0.0923 e. The molecule has 0 unspecified atom stereocenters. The summed E-state index contributed by atoms with van der Waals surface area (Å²) in [6.45, 7) is 2.16. The third-order valence-electron chi connectivity index (χ3n) is 2.09. The first-order chi connectivity index (χ1) is 5.79. The Kier molecular flexibility index (Phi) is 1.61. The van der Waals surface area contributed by atoms with Crippen LogP contribution in [-0.4, -0.2) is 9.78 Å². The molecule has 12 heavy (non-hydrogen) atoms. The first-order valence-corrected chi connectivity index (χ1v) is 4.22. The van der Waals surface area contributed by atoms with Crippen LogP contribution in [0.5, 0.6) is 0 Å². The average Bonchev–Trinajstić information content (AvgIpc) is 2.43. The van der Waals surface area contributed by atoms with Crippen molar-refractivity contribution in [2.45, 2.75) is 13.3 Å². The average molecular weight is 160 g/mol. The van der Waals surface area contributed by atoms with Crippen LogP contribution in [-0.2, 0) is 13.5 Å². The number of aromatic nitrogens is 2. The van der Waals surface area contributed by atoms with E-state index in [1.165, 1.54) is 10.9 Å². The van der Waals surface area contributed by atoms with Gasteiger partial charge in [-0.25, -0.2) is 0 Å². The van der Waals surface area contributed by atoms with Crippen molar-refractivity contribution in [1.82, 2.24) is 9.78 Å². The van der Waals surface area contributed by atoms with E-state index in [2.05, 4.69) is 36.4 Å². The molecule has 0 spiro atoms. The van der Waals surface area contributed by atoms with Crippen molar-refractivity contribution in [2.75, 3.05) is 0 Å². The number of hydrogen-bond donors (Lipinski definition) is 0. The van der Waals surface area contributed by atoms with Crippen LogP contribution in [0.4, 0.5) is 0 Å². The molecule has 0 N–H and O–H groups in total. The van der Waals surface area contributed by atoms with Gasteiger partial charge in [0.15, 0.2) is 0 Å². The summed E-state index contributed by atoms with van der Waals surface area (Å²) in [5, 5.41) is 5.54. The van der Waals surface area contributed by atoms with E-state index in [9.17, 15) is 0 Å². The van der Waals surface area contributed by atoms with Crippen molar-refractivity contribution < 1.29 is 0 Å². The zero-order valence-corrected chi connectivity index (χ0v) is 7.41. The Morgan fingerprint density at radius 2 is 2.25 bits per heavy atom. The van der Waals surface area contributed by atoms with E-state index < -0.39 is 0 Å². The lowest BCUT2D eigenvalue weighted by molar-refractivity contribution is 0.780. The molecule has 2 rings (SSSR count). The molecule has 0 atom stereocenters. The molecule has 62 valence electrons. The van der Waals surface area contributed by atoms with Gasteiger partial charge in [-0.05, 0) is 24.1 Å². The van der Waals surface area contributed by atoms with Crippen molar-refractivity contribution in [2.24, 2.45) is 7.05 Å². The SMILES string of the molecule is CCc1ccc2nn(C)cc2c1. The van der Waals surface area contributed by atoms with E-state index in [1.807, 2.05) is 11.7 Å². The van der Waals surface area contributed by atoms with Gasteiger partial charge in [0, 0.05) is 18.6 Å². The maximum absolute atomic E-state index is 4.31. The molecule has 0 aliphatic heterocycles. The fraction of sp³-hybridized carbons (Fsp3) is 0.300. The Labute approximate surface area is 71.8 Å². The molecular formula is C10H12N2. The van der Waals surface area contributed by atoms with Gasteiger partial charge in [0.25, 0.3) is 0 Å². The van der Waals surface area contributed by atoms with E-state index in [-0.39, 0.29) is 0 Å². The van der Waals surface area contributed by atoms with Crippen molar-refractivity contribution in [1.29, 1.82) is 0 Å². The van der Waals surface area contributed by atoms with Crippen molar-refractivity contribution >= 4 is 10.9 Å². The number of hydrogen-bond acceptors (Lipinski definition) is 1. The Hall–Kier alpha value is -1.31. The first kappa shape index (κ1) is 7.35. The van der Waals surface area contributed by atoms with E-state index in [4.69, 9.17) is 0 Å². The van der Waals surface area contributed by atoms with Gasteiger partial charge in [0.05, 0.1) is 5.52 Å². The molecular weight excluding hydrogens is 148 g/mol. The third-order valence-corrected chi connectivity index (χ3v) is 2.09. The molecule has 0 radical (unpaired) electrons. The van der Waals surface area contributed by atoms with Gasteiger partial charge in [-0.3, -0.25) is 4.68 Å². The van der Waals surface area contributed by atoms with Gasteiger partial charge in [-0.1, -0.05) is 13.0 Å². The Balaban J connectivity index is 2.66. The summed E-state index contributed by atoms with van der Waals surface area (Å²) in [7, 11) is 1.95. The minimum Gasteiger partial charge on any atom is -0.275 e. The highest BCUT2D eigenvalue weighted by Gasteiger charge is 1.97. The molecule has 1 aromatic heterocycles. The van der Waals surface area contributed by atoms with Gasteiger partial charge in [0.1, 0.15) is 0 Å². The number of fused-ring (bicyclic) bond motifs is 1. The molecule has 0 aliphatic carbocycles. The highest BCUT2D eigenvalue weighted by Crippen LogP contribution is 2.13. The lowest BCUT2D eigenvalue weighted by Crippen LogP contribution is -1.84. The standard InChI is InChI=1S/C10H12N2/c1-3-8-4-5-10-9(6-8)7-12(2)11-10/h4-7H,3H2,1-2H3. The van der Waals surface area contributed by atoms with Gasteiger partial charge >= 0.3 is 0 Å². The predicted octanol–water partition coefficient (Wildman–Crippen LogP) is 2.14. The van der Waals surface area contributed by atoms with Gasteiger partial charge in [-0.15, -0.1) is 0 Å². The summed E-state index contributed by atoms with van der Waals surface area (Å²) >= 11 is 0. The van der Waals surface area contributed by atoms with Crippen molar-refractivity contribution in [3.8, 4) is 0 Å². The Morgan fingerprint density at radius 1 is 1.42 bits per heavy atom. The minimum atomic E-state index is 1.08. The molecule has 2 aromatic rings. The monoisotopic (exact) mass is 160 g/mol. The van der Waals surface area contributed by atoms with Gasteiger partial charge in [-0.2, -0.15) is 5.10 Å². The summed E-state index contributed by atoms with van der Waals surface area (Å²) < 4.78 is 1.85. The van der Waals surface area contributed by atoms with Crippen LogP contribution in [0.1, 0.15) is 12.5 Å². The van der Waals surface area contributed by atoms with Crippen molar-refractivity contribution in [3.63, 3.8) is 0 Å². The van der Waals surface area contributed by atoms with E-state index in [0.29, 0.717) is 0 Å². The topological polar surface area (TPSA) is 17.8 Å². The second-order valence-electron chi connectivity index (χ2n) is 3.05. The highest BCUT2D eigenvalue weighted by atomic mass is 15.2. The second-order valence-corrected chi connectivity index (χ2v) is 3.05. The molecule has 1 aromatic carbocycles. The zero-order chi connectivity index (χ0) is 8.55.